The average Bonchev–Trinajstić information content (AvgIpc) is 2.18. The van der Waals surface area contributed by atoms with Crippen molar-refractivity contribution in [2.45, 2.75) is 32.7 Å². The van der Waals surface area contributed by atoms with Crippen molar-refractivity contribution in [2.24, 2.45) is 16.5 Å². The summed E-state index contributed by atoms with van der Waals surface area (Å²) < 4.78 is 0. The van der Waals surface area contributed by atoms with Crippen LogP contribution in [-0.4, -0.2) is 36.7 Å². The molecule has 0 aromatic rings. The molecule has 0 rings (SSSR count). The predicted octanol–water partition coefficient (Wildman–Crippen LogP) is -0.261. The van der Waals surface area contributed by atoms with E-state index in [1.54, 1.807) is 7.05 Å². The highest BCUT2D eigenvalue weighted by Crippen LogP contribution is 1.97. The van der Waals surface area contributed by atoms with Crippen molar-refractivity contribution in [1.82, 2.24) is 5.32 Å². The molecule has 1 atom stereocenters. The third-order valence-electron chi connectivity index (χ3n) is 1.60. The summed E-state index contributed by atoms with van der Waals surface area (Å²) in [5.74, 6) is -0.797. The first kappa shape index (κ1) is 16.1. The second-order valence-electron chi connectivity index (χ2n) is 2.68. The van der Waals surface area contributed by atoms with E-state index < -0.39 is 5.97 Å². The van der Waals surface area contributed by atoms with Gasteiger partial charge in [0, 0.05) is 12.6 Å². The number of aliphatic imine (C=N–C) groups is 1. The zero-order valence-electron chi connectivity index (χ0n) is 9.66. The van der Waals surface area contributed by atoms with Crippen molar-refractivity contribution in [3.63, 3.8) is 0 Å². The fourth-order valence-electron chi connectivity index (χ4n) is 0.909. The Morgan fingerprint density at radius 1 is 1.47 bits per heavy atom. The SMILES string of the molecule is CC.CNC(CCN=C(N)N)CC(=O)O. The average molecular weight is 218 g/mol. The zero-order chi connectivity index (χ0) is 12.3. The van der Waals surface area contributed by atoms with Crippen molar-refractivity contribution in [3.05, 3.63) is 0 Å². The molecule has 6 heteroatoms. The lowest BCUT2D eigenvalue weighted by molar-refractivity contribution is -0.137. The molecule has 0 saturated heterocycles. The topological polar surface area (TPSA) is 114 Å². The summed E-state index contributed by atoms with van der Waals surface area (Å²) in [6.07, 6.45) is 0.692. The highest BCUT2D eigenvalue weighted by atomic mass is 16.4. The molecule has 0 spiro atoms. The van der Waals surface area contributed by atoms with Crippen molar-refractivity contribution in [2.75, 3.05) is 13.6 Å². The maximum Gasteiger partial charge on any atom is 0.304 e. The van der Waals surface area contributed by atoms with E-state index in [1.807, 2.05) is 13.8 Å². The van der Waals surface area contributed by atoms with Gasteiger partial charge in [-0.15, -0.1) is 0 Å². The highest BCUT2D eigenvalue weighted by molar-refractivity contribution is 5.75. The summed E-state index contributed by atoms with van der Waals surface area (Å²) in [6, 6.07) is -0.0828. The first-order chi connectivity index (χ1) is 7.06. The number of nitrogens with zero attached hydrogens (tertiary/aromatic N) is 1. The van der Waals surface area contributed by atoms with Gasteiger partial charge in [-0.05, 0) is 13.5 Å². The third kappa shape index (κ3) is 12.7. The summed E-state index contributed by atoms with van der Waals surface area (Å²) in [6.45, 7) is 4.45. The molecule has 0 radical (unpaired) electrons. The van der Waals surface area contributed by atoms with Gasteiger partial charge in [0.2, 0.25) is 0 Å². The van der Waals surface area contributed by atoms with Gasteiger partial charge < -0.3 is 21.9 Å². The fraction of sp³-hybridized carbons (Fsp3) is 0.778. The van der Waals surface area contributed by atoms with Crippen molar-refractivity contribution < 1.29 is 9.90 Å². The second-order valence-corrected chi connectivity index (χ2v) is 2.68. The normalized spacial score (nSPS) is 10.9. The van der Waals surface area contributed by atoms with Gasteiger partial charge in [0.25, 0.3) is 0 Å². The summed E-state index contributed by atoms with van der Waals surface area (Å²) in [7, 11) is 1.71. The number of hydrogen-bond acceptors (Lipinski definition) is 3. The van der Waals surface area contributed by atoms with Gasteiger partial charge in [0.15, 0.2) is 5.96 Å². The number of rotatable bonds is 6. The van der Waals surface area contributed by atoms with Gasteiger partial charge in [-0.2, -0.15) is 0 Å². The molecule has 0 aromatic carbocycles. The molecule has 15 heavy (non-hydrogen) atoms. The Morgan fingerprint density at radius 2 is 2.00 bits per heavy atom. The summed E-state index contributed by atoms with van der Waals surface area (Å²) in [5.41, 5.74) is 10.2. The fourth-order valence-corrected chi connectivity index (χ4v) is 0.909. The first-order valence-corrected chi connectivity index (χ1v) is 5.00. The number of carboxylic acids is 1. The van der Waals surface area contributed by atoms with Crippen molar-refractivity contribution in [1.29, 1.82) is 0 Å². The number of nitrogens with two attached hydrogens (primary N) is 2. The number of hydrogen-bond donors (Lipinski definition) is 4. The first-order valence-electron chi connectivity index (χ1n) is 5.00. The van der Waals surface area contributed by atoms with E-state index >= 15 is 0 Å². The van der Waals surface area contributed by atoms with Crippen LogP contribution < -0.4 is 16.8 Å². The molecular formula is C9H22N4O2. The maximum atomic E-state index is 10.3. The number of guanidine groups is 1. The van der Waals surface area contributed by atoms with E-state index in [9.17, 15) is 4.79 Å². The van der Waals surface area contributed by atoms with Crippen LogP contribution in [0.5, 0.6) is 0 Å². The van der Waals surface area contributed by atoms with E-state index in [2.05, 4.69) is 10.3 Å². The number of carboxylic acid groups (broad SMARTS) is 1. The van der Waals surface area contributed by atoms with Gasteiger partial charge in [-0.1, -0.05) is 13.8 Å². The van der Waals surface area contributed by atoms with Crippen molar-refractivity contribution in [3.8, 4) is 0 Å². The highest BCUT2D eigenvalue weighted by Gasteiger charge is 2.09. The van der Waals surface area contributed by atoms with Crippen LogP contribution in [0, 0.1) is 0 Å². The van der Waals surface area contributed by atoms with E-state index in [0.717, 1.165) is 0 Å². The Morgan fingerprint density at radius 3 is 2.33 bits per heavy atom. The van der Waals surface area contributed by atoms with Crippen LogP contribution >= 0.6 is 0 Å². The smallest absolute Gasteiger partial charge is 0.304 e. The number of carbonyl (C=O) groups is 1. The minimum Gasteiger partial charge on any atom is -0.481 e. The molecular weight excluding hydrogens is 196 g/mol. The van der Waals surface area contributed by atoms with Crippen LogP contribution in [-0.2, 0) is 4.79 Å². The summed E-state index contributed by atoms with van der Waals surface area (Å²) >= 11 is 0. The van der Waals surface area contributed by atoms with E-state index in [1.165, 1.54) is 0 Å². The van der Waals surface area contributed by atoms with Gasteiger partial charge in [-0.3, -0.25) is 9.79 Å². The van der Waals surface area contributed by atoms with Gasteiger partial charge in [0.05, 0.1) is 6.42 Å². The molecule has 6 N–H and O–H groups in total. The standard InChI is InChI=1S/C7H16N4O2.C2H6/c1-10-5(4-6(12)13)2-3-11-7(8)9;1-2/h5,10H,2-4H2,1H3,(H,12,13)(H4,8,9,11);1-2H3. The number of nitrogens with one attached hydrogen (secondary N) is 1. The molecule has 0 aliphatic rings. The minimum absolute atomic E-state index is 0.0326. The molecule has 0 aromatic heterocycles. The van der Waals surface area contributed by atoms with E-state index in [4.69, 9.17) is 16.6 Å². The van der Waals surface area contributed by atoms with E-state index in [0.29, 0.717) is 13.0 Å². The van der Waals surface area contributed by atoms with Crippen molar-refractivity contribution >= 4 is 11.9 Å². The van der Waals surface area contributed by atoms with Crippen LogP contribution in [0.2, 0.25) is 0 Å². The molecule has 90 valence electrons. The molecule has 0 aliphatic heterocycles. The van der Waals surface area contributed by atoms with Crippen LogP contribution in [0.4, 0.5) is 0 Å². The maximum absolute atomic E-state index is 10.3. The lowest BCUT2D eigenvalue weighted by Crippen LogP contribution is -2.29. The molecule has 0 fully saturated rings. The second kappa shape index (κ2) is 10.8. The molecule has 1 unspecified atom stereocenters. The number of aliphatic carboxylic acids is 1. The largest absolute Gasteiger partial charge is 0.481 e. The Labute approximate surface area is 90.7 Å². The van der Waals surface area contributed by atoms with Crippen LogP contribution in [0.1, 0.15) is 26.7 Å². The monoisotopic (exact) mass is 218 g/mol. The van der Waals surface area contributed by atoms with E-state index in [-0.39, 0.29) is 18.4 Å². The quantitative estimate of drug-likeness (QED) is 0.362. The molecule has 0 bridgehead atoms. The van der Waals surface area contributed by atoms with Crippen LogP contribution in [0.15, 0.2) is 4.99 Å². The Hall–Kier alpha value is -1.30. The minimum atomic E-state index is -0.830. The Bertz CT molecular complexity index is 191. The van der Waals surface area contributed by atoms with Crippen LogP contribution in [0.3, 0.4) is 0 Å². The van der Waals surface area contributed by atoms with Gasteiger partial charge in [-0.25, -0.2) is 0 Å². The van der Waals surface area contributed by atoms with Gasteiger partial charge >= 0.3 is 5.97 Å². The molecule has 0 aliphatic carbocycles. The van der Waals surface area contributed by atoms with Gasteiger partial charge in [0.1, 0.15) is 0 Å². The lowest BCUT2D eigenvalue weighted by Gasteiger charge is -2.11. The predicted molar refractivity (Wildman–Crippen MR) is 61.7 cm³/mol. The lowest BCUT2D eigenvalue weighted by atomic mass is 10.1. The molecule has 0 saturated carbocycles. The third-order valence-corrected chi connectivity index (χ3v) is 1.60. The summed E-state index contributed by atoms with van der Waals surface area (Å²) in [4.78, 5) is 14.1. The Balaban J connectivity index is 0. The molecule has 0 heterocycles. The Kier molecular flexibility index (Phi) is 11.6. The molecule has 0 amide bonds. The van der Waals surface area contributed by atoms with Crippen LogP contribution in [0.25, 0.3) is 0 Å². The summed E-state index contributed by atoms with van der Waals surface area (Å²) in [5, 5.41) is 11.4. The molecule has 6 nitrogen and oxygen atoms in total. The zero-order valence-corrected chi connectivity index (χ0v) is 9.66.